The van der Waals surface area contributed by atoms with Gasteiger partial charge in [0.1, 0.15) is 0 Å². The first kappa shape index (κ1) is 12.9. The molecule has 1 unspecified atom stereocenters. The molecule has 0 bridgehead atoms. The Bertz CT molecular complexity index is 550. The number of hydrogen-bond donors (Lipinski definition) is 1. The van der Waals surface area contributed by atoms with Gasteiger partial charge in [-0.1, -0.05) is 52.3 Å². The number of aryl methyl sites for hydroxylation is 1. The van der Waals surface area contributed by atoms with Crippen molar-refractivity contribution in [2.24, 2.45) is 0 Å². The normalized spacial score (nSPS) is 18.1. The standard InChI is InChI=1S/C17H18BrN/c18-16-8-6-15-11-17(9-7-14(15)10-16)19-12-13-4-2-1-3-5-13/h1-6,8,10,17,19H,7,9,11-12H2. The lowest BCUT2D eigenvalue weighted by Crippen LogP contribution is -2.34. The van der Waals surface area contributed by atoms with Crippen LogP contribution in [0.2, 0.25) is 0 Å². The fourth-order valence-electron chi connectivity index (χ4n) is 2.76. The van der Waals surface area contributed by atoms with Crippen LogP contribution in [-0.2, 0) is 19.4 Å². The molecule has 1 nitrogen and oxygen atoms in total. The zero-order valence-electron chi connectivity index (χ0n) is 10.9. The van der Waals surface area contributed by atoms with E-state index in [1.807, 2.05) is 0 Å². The average Bonchev–Trinajstić information content (AvgIpc) is 2.46. The van der Waals surface area contributed by atoms with Crippen LogP contribution in [-0.4, -0.2) is 6.04 Å². The topological polar surface area (TPSA) is 12.0 Å². The smallest absolute Gasteiger partial charge is 0.0208 e. The van der Waals surface area contributed by atoms with Crippen molar-refractivity contribution in [1.82, 2.24) is 5.32 Å². The number of hydrogen-bond acceptors (Lipinski definition) is 1. The van der Waals surface area contributed by atoms with Crippen LogP contribution in [0.3, 0.4) is 0 Å². The zero-order chi connectivity index (χ0) is 13.1. The molecule has 0 fully saturated rings. The zero-order valence-corrected chi connectivity index (χ0v) is 12.5. The third-order valence-electron chi connectivity index (χ3n) is 3.83. The summed E-state index contributed by atoms with van der Waals surface area (Å²) in [6, 6.07) is 17.9. The Labute approximate surface area is 123 Å². The maximum Gasteiger partial charge on any atom is 0.0208 e. The number of benzene rings is 2. The van der Waals surface area contributed by atoms with Crippen molar-refractivity contribution in [2.75, 3.05) is 0 Å². The largest absolute Gasteiger partial charge is 0.310 e. The highest BCUT2D eigenvalue weighted by atomic mass is 79.9. The summed E-state index contributed by atoms with van der Waals surface area (Å²) in [4.78, 5) is 0. The first-order chi connectivity index (χ1) is 9.31. The number of fused-ring (bicyclic) bond motifs is 1. The lowest BCUT2D eigenvalue weighted by Gasteiger charge is -2.26. The van der Waals surface area contributed by atoms with Gasteiger partial charge in [0.05, 0.1) is 0 Å². The highest BCUT2D eigenvalue weighted by Gasteiger charge is 2.18. The fraction of sp³-hybridized carbons (Fsp3) is 0.294. The molecule has 2 aromatic carbocycles. The molecule has 0 aliphatic heterocycles. The third-order valence-corrected chi connectivity index (χ3v) is 4.33. The van der Waals surface area contributed by atoms with E-state index in [0.717, 1.165) is 13.0 Å². The molecule has 0 saturated carbocycles. The maximum atomic E-state index is 3.68. The summed E-state index contributed by atoms with van der Waals surface area (Å²) in [5, 5.41) is 3.68. The van der Waals surface area contributed by atoms with Crippen LogP contribution in [0.1, 0.15) is 23.1 Å². The molecule has 0 spiro atoms. The molecule has 0 saturated heterocycles. The van der Waals surface area contributed by atoms with Crippen molar-refractivity contribution in [3.63, 3.8) is 0 Å². The Kier molecular flexibility index (Phi) is 4.00. The van der Waals surface area contributed by atoms with Crippen LogP contribution >= 0.6 is 15.9 Å². The van der Waals surface area contributed by atoms with Crippen molar-refractivity contribution in [1.29, 1.82) is 0 Å². The molecule has 0 amide bonds. The first-order valence-electron chi connectivity index (χ1n) is 6.86. The van der Waals surface area contributed by atoms with Gasteiger partial charge >= 0.3 is 0 Å². The molecular formula is C17H18BrN. The van der Waals surface area contributed by atoms with E-state index in [9.17, 15) is 0 Å². The van der Waals surface area contributed by atoms with Crippen molar-refractivity contribution in [3.8, 4) is 0 Å². The molecule has 1 aliphatic carbocycles. The fourth-order valence-corrected chi connectivity index (χ4v) is 3.16. The number of nitrogens with one attached hydrogen (secondary N) is 1. The highest BCUT2D eigenvalue weighted by Crippen LogP contribution is 2.24. The minimum atomic E-state index is 0.605. The van der Waals surface area contributed by atoms with E-state index < -0.39 is 0 Å². The van der Waals surface area contributed by atoms with Crippen LogP contribution < -0.4 is 5.32 Å². The maximum absolute atomic E-state index is 3.68. The van der Waals surface area contributed by atoms with Crippen LogP contribution in [0.15, 0.2) is 53.0 Å². The quantitative estimate of drug-likeness (QED) is 0.899. The van der Waals surface area contributed by atoms with Gasteiger partial charge in [0.15, 0.2) is 0 Å². The molecule has 1 aliphatic rings. The Morgan fingerprint density at radius 1 is 1.05 bits per heavy atom. The summed E-state index contributed by atoms with van der Waals surface area (Å²) < 4.78 is 1.20. The lowest BCUT2D eigenvalue weighted by atomic mass is 9.88. The Morgan fingerprint density at radius 3 is 2.74 bits per heavy atom. The molecule has 19 heavy (non-hydrogen) atoms. The van der Waals surface area contributed by atoms with E-state index >= 15 is 0 Å². The lowest BCUT2D eigenvalue weighted by molar-refractivity contribution is 0.457. The highest BCUT2D eigenvalue weighted by molar-refractivity contribution is 9.10. The molecular weight excluding hydrogens is 298 g/mol. The SMILES string of the molecule is Brc1ccc2c(c1)CCC(NCc1ccccc1)C2. The summed E-state index contributed by atoms with van der Waals surface area (Å²) in [6.07, 6.45) is 3.56. The van der Waals surface area contributed by atoms with Crippen molar-refractivity contribution in [2.45, 2.75) is 31.8 Å². The van der Waals surface area contributed by atoms with Gasteiger partial charge in [-0.2, -0.15) is 0 Å². The van der Waals surface area contributed by atoms with Gasteiger partial charge in [-0.15, -0.1) is 0 Å². The molecule has 2 aromatic rings. The van der Waals surface area contributed by atoms with Crippen LogP contribution in [0, 0.1) is 0 Å². The van der Waals surface area contributed by atoms with Crippen molar-refractivity contribution < 1.29 is 0 Å². The van der Waals surface area contributed by atoms with E-state index in [2.05, 4.69) is 69.8 Å². The van der Waals surface area contributed by atoms with Gasteiger partial charge in [-0.3, -0.25) is 0 Å². The minimum Gasteiger partial charge on any atom is -0.310 e. The molecule has 3 rings (SSSR count). The summed E-state index contributed by atoms with van der Waals surface area (Å²) in [5.41, 5.74) is 4.37. The van der Waals surface area contributed by atoms with E-state index in [1.54, 1.807) is 0 Å². The Balaban J connectivity index is 1.61. The molecule has 2 heteroatoms. The van der Waals surface area contributed by atoms with Crippen LogP contribution in [0.5, 0.6) is 0 Å². The predicted octanol–water partition coefficient (Wildman–Crippen LogP) is 4.10. The second kappa shape index (κ2) is 5.89. The number of rotatable bonds is 3. The van der Waals surface area contributed by atoms with Gasteiger partial charge in [0, 0.05) is 17.1 Å². The van der Waals surface area contributed by atoms with Gasteiger partial charge in [0.25, 0.3) is 0 Å². The molecule has 1 atom stereocenters. The van der Waals surface area contributed by atoms with E-state index in [0.29, 0.717) is 6.04 Å². The van der Waals surface area contributed by atoms with E-state index in [1.165, 1.54) is 34.0 Å². The van der Waals surface area contributed by atoms with Gasteiger partial charge in [0.2, 0.25) is 0 Å². The second-order valence-electron chi connectivity index (χ2n) is 5.22. The van der Waals surface area contributed by atoms with E-state index in [4.69, 9.17) is 0 Å². The summed E-state index contributed by atoms with van der Waals surface area (Å²) in [5.74, 6) is 0. The van der Waals surface area contributed by atoms with E-state index in [-0.39, 0.29) is 0 Å². The van der Waals surface area contributed by atoms with Gasteiger partial charge in [-0.25, -0.2) is 0 Å². The molecule has 0 aromatic heterocycles. The van der Waals surface area contributed by atoms with Crippen LogP contribution in [0.25, 0.3) is 0 Å². The summed E-state index contributed by atoms with van der Waals surface area (Å²) in [6.45, 7) is 0.970. The Hall–Kier alpha value is -1.12. The first-order valence-corrected chi connectivity index (χ1v) is 7.65. The Morgan fingerprint density at radius 2 is 1.89 bits per heavy atom. The van der Waals surface area contributed by atoms with Gasteiger partial charge < -0.3 is 5.32 Å². The molecule has 98 valence electrons. The molecule has 0 heterocycles. The third kappa shape index (κ3) is 3.26. The molecule has 0 radical (unpaired) electrons. The minimum absolute atomic E-state index is 0.605. The van der Waals surface area contributed by atoms with Gasteiger partial charge in [-0.05, 0) is 48.1 Å². The van der Waals surface area contributed by atoms with Crippen molar-refractivity contribution >= 4 is 15.9 Å². The summed E-state index contributed by atoms with van der Waals surface area (Å²) in [7, 11) is 0. The molecule has 1 N–H and O–H groups in total. The summed E-state index contributed by atoms with van der Waals surface area (Å²) >= 11 is 3.55. The van der Waals surface area contributed by atoms with Crippen molar-refractivity contribution in [3.05, 3.63) is 69.7 Å². The second-order valence-corrected chi connectivity index (χ2v) is 6.13. The predicted molar refractivity (Wildman–Crippen MR) is 83.2 cm³/mol. The average molecular weight is 316 g/mol. The monoisotopic (exact) mass is 315 g/mol. The number of halogens is 1. The van der Waals surface area contributed by atoms with Crippen LogP contribution in [0.4, 0.5) is 0 Å².